The van der Waals surface area contributed by atoms with Crippen LogP contribution in [-0.2, 0) is 0 Å². The Bertz CT molecular complexity index is 1030. The largest absolute Gasteiger partial charge is 0.480 e. The van der Waals surface area contributed by atoms with Crippen LogP contribution in [0.5, 0.6) is 5.88 Å². The summed E-state index contributed by atoms with van der Waals surface area (Å²) >= 11 is 1.56. The minimum absolute atomic E-state index is 0.279. The van der Waals surface area contributed by atoms with Crippen molar-refractivity contribution in [2.24, 2.45) is 0 Å². The number of para-hydroxylation sites is 1. The van der Waals surface area contributed by atoms with Crippen LogP contribution in [-0.4, -0.2) is 27.4 Å². The number of pyridine rings is 1. The van der Waals surface area contributed by atoms with Gasteiger partial charge in [0, 0.05) is 29.5 Å². The van der Waals surface area contributed by atoms with E-state index in [2.05, 4.69) is 15.3 Å². The monoisotopic (exact) mass is 350 g/mol. The molecule has 1 N–H and O–H groups in total. The van der Waals surface area contributed by atoms with E-state index in [9.17, 15) is 4.79 Å². The van der Waals surface area contributed by atoms with E-state index < -0.39 is 0 Å². The number of carbonyl (C=O) groups excluding carboxylic acids is 1. The molecule has 0 saturated carbocycles. The lowest BCUT2D eigenvalue weighted by Crippen LogP contribution is -2.14. The third kappa shape index (κ3) is 2.85. The van der Waals surface area contributed by atoms with Crippen LogP contribution in [0.3, 0.4) is 0 Å². The fourth-order valence-electron chi connectivity index (χ4n) is 2.59. The topological polar surface area (TPSA) is 68.5 Å². The van der Waals surface area contributed by atoms with Crippen LogP contribution < -0.4 is 10.1 Å². The number of imidazole rings is 1. The summed E-state index contributed by atoms with van der Waals surface area (Å²) in [5, 5.41) is 4.91. The second-order valence-corrected chi connectivity index (χ2v) is 6.15. The van der Waals surface area contributed by atoms with Crippen molar-refractivity contribution < 1.29 is 9.53 Å². The second kappa shape index (κ2) is 6.37. The Kier molecular flexibility index (Phi) is 3.91. The molecule has 6 nitrogen and oxygen atoms in total. The van der Waals surface area contributed by atoms with Crippen LogP contribution in [0.4, 0.5) is 5.69 Å². The summed E-state index contributed by atoms with van der Waals surface area (Å²) in [6, 6.07) is 11.0. The SMILES string of the molecule is COc1ncccc1C(=O)Nc1ccccc1-c1cn2ccsc2n1. The maximum atomic E-state index is 12.6. The van der Waals surface area contributed by atoms with Crippen molar-refractivity contribution in [2.75, 3.05) is 12.4 Å². The first-order valence-corrected chi connectivity index (χ1v) is 8.46. The third-order valence-electron chi connectivity index (χ3n) is 3.75. The number of ether oxygens (including phenoxy) is 1. The molecule has 0 fully saturated rings. The summed E-state index contributed by atoms with van der Waals surface area (Å²) < 4.78 is 7.12. The van der Waals surface area contributed by atoms with Crippen molar-refractivity contribution in [1.29, 1.82) is 0 Å². The van der Waals surface area contributed by atoms with Gasteiger partial charge in [0.05, 0.1) is 18.5 Å². The summed E-state index contributed by atoms with van der Waals surface area (Å²) in [5.41, 5.74) is 2.73. The average Bonchev–Trinajstić information content (AvgIpc) is 3.24. The number of carbonyl (C=O) groups is 1. The fraction of sp³-hybridized carbons (Fsp3) is 0.0556. The first-order valence-electron chi connectivity index (χ1n) is 7.58. The van der Waals surface area contributed by atoms with Crippen LogP contribution in [0.25, 0.3) is 16.2 Å². The summed E-state index contributed by atoms with van der Waals surface area (Å²) in [6.45, 7) is 0. The van der Waals surface area contributed by atoms with Crippen LogP contribution in [0.15, 0.2) is 60.4 Å². The molecular formula is C18H14N4O2S. The van der Waals surface area contributed by atoms with Gasteiger partial charge in [-0.3, -0.25) is 9.20 Å². The molecular weight excluding hydrogens is 336 g/mol. The number of anilines is 1. The minimum atomic E-state index is -0.279. The van der Waals surface area contributed by atoms with Crippen LogP contribution >= 0.6 is 11.3 Å². The number of hydrogen-bond donors (Lipinski definition) is 1. The van der Waals surface area contributed by atoms with Gasteiger partial charge in [0.1, 0.15) is 5.56 Å². The highest BCUT2D eigenvalue weighted by atomic mass is 32.1. The van der Waals surface area contributed by atoms with Crippen molar-refractivity contribution in [3.8, 4) is 17.1 Å². The standard InChI is InChI=1S/C18H14N4O2S/c1-24-17-13(6-4-8-19-17)16(23)20-14-7-3-2-5-12(14)15-11-22-9-10-25-18(22)21-15/h2-11H,1H3,(H,20,23). The van der Waals surface area contributed by atoms with E-state index in [1.807, 2.05) is 46.4 Å². The molecule has 0 spiro atoms. The van der Waals surface area contributed by atoms with Gasteiger partial charge >= 0.3 is 0 Å². The molecule has 7 heteroatoms. The van der Waals surface area contributed by atoms with Gasteiger partial charge in [-0.05, 0) is 18.2 Å². The minimum Gasteiger partial charge on any atom is -0.480 e. The number of nitrogens with zero attached hydrogens (tertiary/aromatic N) is 3. The zero-order valence-electron chi connectivity index (χ0n) is 13.3. The zero-order chi connectivity index (χ0) is 17.2. The molecule has 3 heterocycles. The van der Waals surface area contributed by atoms with Crippen molar-refractivity contribution >= 4 is 27.9 Å². The molecule has 124 valence electrons. The summed E-state index contributed by atoms with van der Waals surface area (Å²) in [7, 11) is 1.49. The highest BCUT2D eigenvalue weighted by molar-refractivity contribution is 7.15. The lowest BCUT2D eigenvalue weighted by Gasteiger charge is -2.11. The van der Waals surface area contributed by atoms with Gasteiger partial charge in [-0.1, -0.05) is 18.2 Å². The number of amides is 1. The third-order valence-corrected chi connectivity index (χ3v) is 4.52. The van der Waals surface area contributed by atoms with Gasteiger partial charge in [-0.25, -0.2) is 9.97 Å². The first-order chi connectivity index (χ1) is 12.3. The van der Waals surface area contributed by atoms with E-state index in [4.69, 9.17) is 4.74 Å². The smallest absolute Gasteiger partial charge is 0.261 e. The predicted octanol–water partition coefficient (Wildman–Crippen LogP) is 3.72. The molecule has 25 heavy (non-hydrogen) atoms. The molecule has 0 unspecified atom stereocenters. The molecule has 4 rings (SSSR count). The van der Waals surface area contributed by atoms with Crippen molar-refractivity contribution in [3.63, 3.8) is 0 Å². The summed E-state index contributed by atoms with van der Waals surface area (Å²) in [5.74, 6) is 0.0124. The Balaban J connectivity index is 1.69. The zero-order valence-corrected chi connectivity index (χ0v) is 14.2. The lowest BCUT2D eigenvalue weighted by atomic mass is 10.1. The van der Waals surface area contributed by atoms with E-state index in [0.29, 0.717) is 17.1 Å². The van der Waals surface area contributed by atoms with Crippen LogP contribution in [0.1, 0.15) is 10.4 Å². The van der Waals surface area contributed by atoms with Crippen LogP contribution in [0, 0.1) is 0 Å². The number of hydrogen-bond acceptors (Lipinski definition) is 5. The Labute approximate surface area is 147 Å². The molecule has 4 aromatic rings. The highest BCUT2D eigenvalue weighted by Gasteiger charge is 2.16. The second-order valence-electron chi connectivity index (χ2n) is 5.28. The Hall–Kier alpha value is -3.19. The van der Waals surface area contributed by atoms with Crippen molar-refractivity contribution in [3.05, 3.63) is 65.9 Å². The number of benzene rings is 1. The number of aromatic nitrogens is 3. The number of methoxy groups -OCH3 is 1. The van der Waals surface area contributed by atoms with Gasteiger partial charge in [0.25, 0.3) is 5.91 Å². The van der Waals surface area contributed by atoms with Crippen molar-refractivity contribution in [2.45, 2.75) is 0 Å². The van der Waals surface area contributed by atoms with E-state index >= 15 is 0 Å². The molecule has 1 amide bonds. The predicted molar refractivity (Wildman–Crippen MR) is 97.2 cm³/mol. The quantitative estimate of drug-likeness (QED) is 0.609. The normalized spacial score (nSPS) is 10.8. The van der Waals surface area contributed by atoms with Crippen LogP contribution in [0.2, 0.25) is 0 Å². The van der Waals surface area contributed by atoms with E-state index in [1.54, 1.807) is 29.7 Å². The maximum Gasteiger partial charge on any atom is 0.261 e. The highest BCUT2D eigenvalue weighted by Crippen LogP contribution is 2.29. The fourth-order valence-corrected chi connectivity index (χ4v) is 3.29. The number of nitrogens with one attached hydrogen (secondary N) is 1. The molecule has 0 aliphatic heterocycles. The summed E-state index contributed by atoms with van der Waals surface area (Å²) in [4.78, 5) is 22.2. The lowest BCUT2D eigenvalue weighted by molar-refractivity contribution is 0.102. The Morgan fingerprint density at radius 2 is 2.12 bits per heavy atom. The molecule has 0 radical (unpaired) electrons. The van der Waals surface area contributed by atoms with Gasteiger partial charge in [0.2, 0.25) is 5.88 Å². The van der Waals surface area contributed by atoms with Crippen molar-refractivity contribution in [1.82, 2.24) is 14.4 Å². The molecule has 0 atom stereocenters. The van der Waals surface area contributed by atoms with Gasteiger partial charge < -0.3 is 10.1 Å². The molecule has 0 aliphatic rings. The molecule has 0 bridgehead atoms. The average molecular weight is 350 g/mol. The summed E-state index contributed by atoms with van der Waals surface area (Å²) in [6.07, 6.45) is 5.49. The Morgan fingerprint density at radius 1 is 1.24 bits per heavy atom. The molecule has 3 aromatic heterocycles. The van der Waals surface area contributed by atoms with Gasteiger partial charge in [-0.2, -0.15) is 0 Å². The number of fused-ring (bicyclic) bond motifs is 1. The maximum absolute atomic E-state index is 12.6. The molecule has 0 aliphatic carbocycles. The van der Waals surface area contributed by atoms with E-state index in [0.717, 1.165) is 16.2 Å². The molecule has 1 aromatic carbocycles. The van der Waals surface area contributed by atoms with E-state index in [1.165, 1.54) is 7.11 Å². The molecule has 0 saturated heterocycles. The van der Waals surface area contributed by atoms with Gasteiger partial charge in [0.15, 0.2) is 4.96 Å². The Morgan fingerprint density at radius 3 is 2.96 bits per heavy atom. The number of thiazole rings is 1. The first kappa shape index (κ1) is 15.3. The number of rotatable bonds is 4. The van der Waals surface area contributed by atoms with E-state index in [-0.39, 0.29) is 5.91 Å². The van der Waals surface area contributed by atoms with Gasteiger partial charge in [-0.15, -0.1) is 11.3 Å².